The number of sulfonamides is 1. The van der Waals surface area contributed by atoms with E-state index >= 15 is 0 Å². The number of likely N-dealkylation sites (N-methyl/N-ethyl adjacent to an activating group) is 1. The summed E-state index contributed by atoms with van der Waals surface area (Å²) in [5.74, 6) is -0.260. The summed E-state index contributed by atoms with van der Waals surface area (Å²) in [5.41, 5.74) is 1.59. The molecule has 188 valence electrons. The summed E-state index contributed by atoms with van der Waals surface area (Å²) in [6.45, 7) is 7.90. The molecule has 1 aromatic heterocycles. The molecule has 0 aliphatic rings. The molecule has 35 heavy (non-hydrogen) atoms. The third-order valence-corrected chi connectivity index (χ3v) is 7.62. The van der Waals surface area contributed by atoms with Gasteiger partial charge in [0.05, 0.1) is 25.5 Å². The summed E-state index contributed by atoms with van der Waals surface area (Å²) >= 11 is 0. The van der Waals surface area contributed by atoms with Gasteiger partial charge in [0.1, 0.15) is 10.6 Å². The molecule has 0 radical (unpaired) electrons. The van der Waals surface area contributed by atoms with Gasteiger partial charge in [0.25, 0.3) is 5.91 Å². The van der Waals surface area contributed by atoms with Crippen molar-refractivity contribution < 1.29 is 17.9 Å². The number of hydrogen-bond acceptors (Lipinski definition) is 6. The van der Waals surface area contributed by atoms with Gasteiger partial charge >= 0.3 is 0 Å². The number of hydrogen-bond donors (Lipinski definition) is 1. The number of carbonyl (C=O) groups excluding carboxylic acids is 1. The maximum Gasteiger partial charge on any atom is 0.255 e. The van der Waals surface area contributed by atoms with Gasteiger partial charge in [-0.2, -0.15) is 9.40 Å². The summed E-state index contributed by atoms with van der Waals surface area (Å²) in [6, 6.07) is 13.7. The molecule has 3 aromatic rings. The van der Waals surface area contributed by atoms with E-state index in [1.807, 2.05) is 30.3 Å². The maximum absolute atomic E-state index is 13.3. The van der Waals surface area contributed by atoms with Gasteiger partial charge in [0, 0.05) is 31.9 Å². The van der Waals surface area contributed by atoms with Crippen LogP contribution in [0.15, 0.2) is 65.8 Å². The third kappa shape index (κ3) is 6.68. The first-order valence-corrected chi connectivity index (χ1v) is 13.0. The van der Waals surface area contributed by atoms with Crippen molar-refractivity contribution in [1.29, 1.82) is 0 Å². The molecule has 2 aromatic carbocycles. The predicted molar refractivity (Wildman–Crippen MR) is 136 cm³/mol. The summed E-state index contributed by atoms with van der Waals surface area (Å²) in [4.78, 5) is 15.1. The lowest BCUT2D eigenvalue weighted by molar-refractivity contribution is 0.102. The number of methoxy groups -OCH3 is 1. The second kappa shape index (κ2) is 12.0. The zero-order chi connectivity index (χ0) is 25.4. The topological polar surface area (TPSA) is 96.8 Å². The first-order chi connectivity index (χ1) is 16.8. The highest BCUT2D eigenvalue weighted by Crippen LogP contribution is 2.28. The first-order valence-electron chi connectivity index (χ1n) is 11.5. The van der Waals surface area contributed by atoms with Crippen molar-refractivity contribution in [3.05, 3.63) is 72.1 Å². The number of benzene rings is 2. The molecule has 0 saturated heterocycles. The fourth-order valence-electron chi connectivity index (χ4n) is 3.65. The lowest BCUT2D eigenvalue weighted by atomic mass is 10.2. The van der Waals surface area contributed by atoms with Crippen molar-refractivity contribution in [3.63, 3.8) is 0 Å². The Morgan fingerprint density at radius 2 is 1.83 bits per heavy atom. The van der Waals surface area contributed by atoms with Crippen molar-refractivity contribution >= 4 is 21.6 Å². The van der Waals surface area contributed by atoms with Crippen LogP contribution in [0.5, 0.6) is 5.75 Å². The highest BCUT2D eigenvalue weighted by Gasteiger charge is 2.26. The molecular weight excluding hydrogens is 466 g/mol. The molecule has 0 spiro atoms. The third-order valence-electron chi connectivity index (χ3n) is 5.79. The molecule has 0 aliphatic carbocycles. The minimum absolute atomic E-state index is 0.0685. The van der Waals surface area contributed by atoms with E-state index in [1.54, 1.807) is 17.1 Å². The van der Waals surface area contributed by atoms with E-state index in [-0.39, 0.29) is 22.8 Å². The highest BCUT2D eigenvalue weighted by atomic mass is 32.2. The number of rotatable bonds is 12. The van der Waals surface area contributed by atoms with Crippen LogP contribution < -0.4 is 10.1 Å². The second-order valence-electron chi connectivity index (χ2n) is 8.09. The Labute approximate surface area is 207 Å². The van der Waals surface area contributed by atoms with Crippen LogP contribution in [0.25, 0.3) is 0 Å². The average molecular weight is 500 g/mol. The molecule has 0 atom stereocenters. The number of amides is 1. The number of nitrogens with one attached hydrogen (secondary N) is 1. The van der Waals surface area contributed by atoms with Crippen LogP contribution in [0.4, 0.5) is 5.69 Å². The number of ether oxygens (including phenoxy) is 1. The standard InChI is InChI=1S/C25H33N5O4S/c1-5-29(6-2)14-15-30-19-22(17-26-30)27-25(31)21-12-13-23(34-4)24(16-21)35(32,33)28(3)18-20-10-8-7-9-11-20/h7-13,16-17,19H,5-6,14-15,18H2,1-4H3,(H,27,31). The molecule has 0 fully saturated rings. The minimum atomic E-state index is -3.92. The summed E-state index contributed by atoms with van der Waals surface area (Å²) < 4.78 is 35.0. The number of aromatic nitrogens is 2. The summed E-state index contributed by atoms with van der Waals surface area (Å²) in [6.07, 6.45) is 3.34. The van der Waals surface area contributed by atoms with Gasteiger partial charge in [-0.1, -0.05) is 44.2 Å². The molecule has 3 rings (SSSR count). The Morgan fingerprint density at radius 1 is 1.11 bits per heavy atom. The molecule has 1 amide bonds. The fraction of sp³-hybridized carbons (Fsp3) is 0.360. The van der Waals surface area contributed by atoms with E-state index in [9.17, 15) is 13.2 Å². The van der Waals surface area contributed by atoms with Crippen molar-refractivity contribution in [1.82, 2.24) is 19.0 Å². The minimum Gasteiger partial charge on any atom is -0.495 e. The normalized spacial score (nSPS) is 11.7. The van der Waals surface area contributed by atoms with Crippen LogP contribution in [-0.4, -0.2) is 67.1 Å². The van der Waals surface area contributed by atoms with Crippen LogP contribution in [0.1, 0.15) is 29.8 Å². The molecule has 10 heteroatoms. The van der Waals surface area contributed by atoms with E-state index in [1.165, 1.54) is 36.7 Å². The molecular formula is C25H33N5O4S. The second-order valence-corrected chi connectivity index (χ2v) is 10.1. The van der Waals surface area contributed by atoms with E-state index in [0.717, 1.165) is 25.2 Å². The molecule has 0 unspecified atom stereocenters. The lowest BCUT2D eigenvalue weighted by Gasteiger charge is -2.19. The SMILES string of the molecule is CCN(CC)CCn1cc(NC(=O)c2ccc(OC)c(S(=O)(=O)N(C)Cc3ccccc3)c2)cn1. The van der Waals surface area contributed by atoms with E-state index < -0.39 is 15.9 Å². The summed E-state index contributed by atoms with van der Waals surface area (Å²) in [5, 5.41) is 7.10. The van der Waals surface area contributed by atoms with Crippen molar-refractivity contribution in [2.45, 2.75) is 31.8 Å². The average Bonchev–Trinajstić information content (AvgIpc) is 3.31. The highest BCUT2D eigenvalue weighted by molar-refractivity contribution is 7.89. The maximum atomic E-state index is 13.3. The van der Waals surface area contributed by atoms with Crippen LogP contribution in [-0.2, 0) is 23.1 Å². The Balaban J connectivity index is 1.76. The van der Waals surface area contributed by atoms with E-state index in [4.69, 9.17) is 4.74 Å². The van der Waals surface area contributed by atoms with Crippen molar-refractivity contribution in [2.24, 2.45) is 0 Å². The fourth-order valence-corrected chi connectivity index (χ4v) is 4.99. The number of carbonyl (C=O) groups is 1. The molecule has 1 N–H and O–H groups in total. The van der Waals surface area contributed by atoms with Gasteiger partial charge < -0.3 is 15.0 Å². The Kier molecular flexibility index (Phi) is 9.02. The van der Waals surface area contributed by atoms with Gasteiger partial charge in [-0.3, -0.25) is 9.48 Å². The largest absolute Gasteiger partial charge is 0.495 e. The Hall–Kier alpha value is -3.21. The van der Waals surface area contributed by atoms with Crippen LogP contribution in [0.2, 0.25) is 0 Å². The number of anilines is 1. The zero-order valence-corrected chi connectivity index (χ0v) is 21.5. The molecule has 0 saturated carbocycles. The van der Waals surface area contributed by atoms with E-state index in [0.29, 0.717) is 12.2 Å². The number of nitrogens with zero attached hydrogens (tertiary/aromatic N) is 4. The Bertz CT molecular complexity index is 1220. The predicted octanol–water partition coefficient (Wildman–Crippen LogP) is 3.31. The Morgan fingerprint density at radius 3 is 2.49 bits per heavy atom. The molecule has 1 heterocycles. The zero-order valence-electron chi connectivity index (χ0n) is 20.6. The van der Waals surface area contributed by atoms with Gasteiger partial charge in [-0.05, 0) is 36.9 Å². The molecule has 0 aliphatic heterocycles. The molecule has 9 nitrogen and oxygen atoms in total. The first kappa shape index (κ1) is 26.4. The lowest BCUT2D eigenvalue weighted by Crippen LogP contribution is -2.27. The molecule has 0 bridgehead atoms. The van der Waals surface area contributed by atoms with Crippen LogP contribution >= 0.6 is 0 Å². The van der Waals surface area contributed by atoms with Crippen molar-refractivity contribution in [2.75, 3.05) is 39.1 Å². The smallest absolute Gasteiger partial charge is 0.255 e. The van der Waals surface area contributed by atoms with Gasteiger partial charge in [-0.25, -0.2) is 8.42 Å². The summed E-state index contributed by atoms with van der Waals surface area (Å²) in [7, 11) is -1.02. The quantitative estimate of drug-likeness (QED) is 0.411. The van der Waals surface area contributed by atoms with Crippen LogP contribution in [0.3, 0.4) is 0 Å². The van der Waals surface area contributed by atoms with Crippen LogP contribution in [0, 0.1) is 0 Å². The van der Waals surface area contributed by atoms with Gasteiger partial charge in [0.15, 0.2) is 0 Å². The van der Waals surface area contributed by atoms with Gasteiger partial charge in [0.2, 0.25) is 10.0 Å². The van der Waals surface area contributed by atoms with E-state index in [2.05, 4.69) is 29.2 Å². The van der Waals surface area contributed by atoms with Gasteiger partial charge in [-0.15, -0.1) is 0 Å². The van der Waals surface area contributed by atoms with Crippen molar-refractivity contribution in [3.8, 4) is 5.75 Å². The monoisotopic (exact) mass is 499 g/mol.